The molecule has 1 unspecified atom stereocenters. The van der Waals surface area contributed by atoms with Gasteiger partial charge in [-0.1, -0.05) is 60.7 Å². The summed E-state index contributed by atoms with van der Waals surface area (Å²) in [4.78, 5) is 13.7. The first-order chi connectivity index (χ1) is 10.3. The number of benzene rings is 2. The summed E-state index contributed by atoms with van der Waals surface area (Å²) in [5.74, 6) is 0.672. The molecular weight excluding hydrogens is 278 g/mol. The molecule has 1 amide bonds. The van der Waals surface area contributed by atoms with Crippen molar-refractivity contribution in [3.05, 3.63) is 71.8 Å². The molecule has 21 heavy (non-hydrogen) atoms. The predicted octanol–water partition coefficient (Wildman–Crippen LogP) is 3.49. The van der Waals surface area contributed by atoms with Crippen molar-refractivity contribution < 1.29 is 4.79 Å². The number of β-lactam (4-membered cyclic amide) rings is 1. The lowest BCUT2D eigenvalue weighted by Crippen LogP contribution is -2.47. The highest BCUT2D eigenvalue weighted by Gasteiger charge is 2.47. The minimum absolute atomic E-state index is 0.315. The molecule has 2 aromatic rings. The fourth-order valence-corrected chi connectivity index (χ4v) is 5.04. The molecule has 2 saturated heterocycles. The third kappa shape index (κ3) is 2.26. The Morgan fingerprint density at radius 3 is 2.00 bits per heavy atom. The summed E-state index contributed by atoms with van der Waals surface area (Å²) in [7, 11) is 0. The smallest absolute Gasteiger partial charge is 0.226 e. The molecule has 0 radical (unpaired) electrons. The van der Waals surface area contributed by atoms with Gasteiger partial charge in [-0.15, -0.1) is 11.8 Å². The zero-order valence-electron chi connectivity index (χ0n) is 11.7. The van der Waals surface area contributed by atoms with Crippen LogP contribution in [0.15, 0.2) is 60.7 Å². The van der Waals surface area contributed by atoms with Crippen LogP contribution in [-0.2, 0) is 4.79 Å². The summed E-state index contributed by atoms with van der Waals surface area (Å²) in [6.07, 6.45) is 0.720. The number of carbonyl (C=O) groups is 1. The summed E-state index contributed by atoms with van der Waals surface area (Å²) < 4.78 is 0. The second-order valence-corrected chi connectivity index (χ2v) is 7.10. The molecule has 0 saturated carbocycles. The first kappa shape index (κ1) is 13.0. The van der Waals surface area contributed by atoms with Crippen molar-refractivity contribution in [2.75, 3.05) is 6.54 Å². The number of fused-ring (bicyclic) bond motifs is 1. The van der Waals surface area contributed by atoms with Crippen molar-refractivity contribution in [1.29, 1.82) is 0 Å². The third-order valence-corrected chi connectivity index (χ3v) is 5.92. The van der Waals surface area contributed by atoms with Gasteiger partial charge < -0.3 is 4.90 Å². The van der Waals surface area contributed by atoms with Crippen LogP contribution in [0.25, 0.3) is 0 Å². The predicted molar refractivity (Wildman–Crippen MR) is 86.2 cm³/mol. The van der Waals surface area contributed by atoms with Gasteiger partial charge in [0.05, 0.1) is 11.8 Å². The largest absolute Gasteiger partial charge is 0.329 e. The zero-order valence-corrected chi connectivity index (χ0v) is 12.5. The van der Waals surface area contributed by atoms with E-state index < -0.39 is 0 Å². The Kier molecular flexibility index (Phi) is 3.23. The lowest BCUT2D eigenvalue weighted by molar-refractivity contribution is -0.140. The average Bonchev–Trinajstić information content (AvgIpc) is 2.87. The Balaban J connectivity index is 1.69. The molecular formula is C18H17NOS. The van der Waals surface area contributed by atoms with Gasteiger partial charge in [0.15, 0.2) is 0 Å². The summed E-state index contributed by atoms with van der Waals surface area (Å²) in [5, 5.41) is 0.865. The number of hydrogen-bond acceptors (Lipinski definition) is 2. The maximum Gasteiger partial charge on any atom is 0.226 e. The Hall–Kier alpha value is -1.74. The van der Waals surface area contributed by atoms with Crippen LogP contribution in [-0.4, -0.2) is 28.0 Å². The van der Waals surface area contributed by atoms with E-state index in [1.165, 1.54) is 11.1 Å². The number of hydrogen-bond donors (Lipinski definition) is 0. The third-order valence-electron chi connectivity index (χ3n) is 4.41. The van der Waals surface area contributed by atoms with Gasteiger partial charge >= 0.3 is 0 Å². The van der Waals surface area contributed by atoms with Gasteiger partial charge in [0.2, 0.25) is 5.91 Å². The van der Waals surface area contributed by atoms with E-state index in [2.05, 4.69) is 60.7 Å². The van der Waals surface area contributed by atoms with E-state index in [1.54, 1.807) is 0 Å². The molecule has 2 fully saturated rings. The standard InChI is InChI=1S/C18H17NOS/c20-16-11-17-19(16)12-15(21-17)18(13-7-3-1-4-8-13)14-9-5-2-6-10-14/h1-10,15,17-18H,11-12H2/t15?,17-/m1/s1. The van der Waals surface area contributed by atoms with Gasteiger partial charge in [0.25, 0.3) is 0 Å². The fraction of sp³-hybridized carbons (Fsp3) is 0.278. The molecule has 0 N–H and O–H groups in total. The van der Waals surface area contributed by atoms with E-state index in [0.717, 1.165) is 13.0 Å². The van der Waals surface area contributed by atoms with Crippen LogP contribution in [0.3, 0.4) is 0 Å². The van der Waals surface area contributed by atoms with Crippen molar-refractivity contribution in [3.63, 3.8) is 0 Å². The van der Waals surface area contributed by atoms with Crippen molar-refractivity contribution in [3.8, 4) is 0 Å². The maximum atomic E-state index is 11.7. The van der Waals surface area contributed by atoms with Gasteiger partial charge in [-0.2, -0.15) is 0 Å². The lowest BCUT2D eigenvalue weighted by atomic mass is 9.88. The van der Waals surface area contributed by atoms with E-state index in [9.17, 15) is 4.79 Å². The van der Waals surface area contributed by atoms with Crippen molar-refractivity contribution in [1.82, 2.24) is 4.90 Å². The topological polar surface area (TPSA) is 20.3 Å². The molecule has 2 aliphatic heterocycles. The monoisotopic (exact) mass is 295 g/mol. The number of rotatable bonds is 3. The Labute approximate surface area is 129 Å². The minimum atomic E-state index is 0.315. The SMILES string of the molecule is O=C1C[C@H]2SC(C(c3ccccc3)c3ccccc3)CN12. The normalized spacial score (nSPS) is 24.0. The lowest BCUT2D eigenvalue weighted by Gasteiger charge is -2.32. The average molecular weight is 295 g/mol. The van der Waals surface area contributed by atoms with E-state index in [4.69, 9.17) is 0 Å². The molecule has 4 rings (SSSR count). The van der Waals surface area contributed by atoms with Crippen molar-refractivity contribution in [2.45, 2.75) is 23.0 Å². The van der Waals surface area contributed by atoms with Gasteiger partial charge in [0.1, 0.15) is 0 Å². The Morgan fingerprint density at radius 2 is 1.52 bits per heavy atom. The van der Waals surface area contributed by atoms with Gasteiger partial charge in [0, 0.05) is 17.7 Å². The highest BCUT2D eigenvalue weighted by atomic mass is 32.2. The highest BCUT2D eigenvalue weighted by Crippen LogP contribution is 2.47. The first-order valence-corrected chi connectivity index (χ1v) is 8.32. The van der Waals surface area contributed by atoms with Gasteiger partial charge in [-0.25, -0.2) is 0 Å². The quantitative estimate of drug-likeness (QED) is 0.808. The van der Waals surface area contributed by atoms with Crippen molar-refractivity contribution in [2.24, 2.45) is 0 Å². The molecule has 2 nitrogen and oxygen atoms in total. The molecule has 0 aromatic heterocycles. The van der Waals surface area contributed by atoms with E-state index in [1.807, 2.05) is 16.7 Å². The molecule has 2 atom stereocenters. The maximum absolute atomic E-state index is 11.7. The van der Waals surface area contributed by atoms with Crippen LogP contribution in [0, 0.1) is 0 Å². The molecule has 0 bridgehead atoms. The summed E-state index contributed by atoms with van der Waals surface area (Å²) >= 11 is 1.97. The molecule has 2 aliphatic rings. The highest BCUT2D eigenvalue weighted by molar-refractivity contribution is 8.00. The molecule has 106 valence electrons. The molecule has 2 aromatic carbocycles. The second-order valence-electron chi connectivity index (χ2n) is 5.68. The molecule has 2 heterocycles. The van der Waals surface area contributed by atoms with E-state index in [-0.39, 0.29) is 0 Å². The number of amides is 1. The number of thioether (sulfide) groups is 1. The van der Waals surface area contributed by atoms with Crippen LogP contribution >= 0.6 is 11.8 Å². The van der Waals surface area contributed by atoms with E-state index >= 15 is 0 Å². The first-order valence-electron chi connectivity index (χ1n) is 7.38. The minimum Gasteiger partial charge on any atom is -0.329 e. The summed E-state index contributed by atoms with van der Waals surface area (Å²) in [6, 6.07) is 21.3. The van der Waals surface area contributed by atoms with Crippen LogP contribution < -0.4 is 0 Å². The van der Waals surface area contributed by atoms with Crippen LogP contribution in [0.4, 0.5) is 0 Å². The summed E-state index contributed by atoms with van der Waals surface area (Å²) in [5.41, 5.74) is 2.69. The number of nitrogens with zero attached hydrogens (tertiary/aromatic N) is 1. The van der Waals surface area contributed by atoms with Crippen LogP contribution in [0.1, 0.15) is 23.5 Å². The molecule has 3 heteroatoms. The van der Waals surface area contributed by atoms with Gasteiger partial charge in [-0.3, -0.25) is 4.79 Å². The van der Waals surface area contributed by atoms with Crippen molar-refractivity contribution >= 4 is 17.7 Å². The Bertz CT molecular complexity index is 603. The van der Waals surface area contributed by atoms with Gasteiger partial charge in [-0.05, 0) is 11.1 Å². The zero-order chi connectivity index (χ0) is 14.2. The Morgan fingerprint density at radius 1 is 0.952 bits per heavy atom. The van der Waals surface area contributed by atoms with E-state index in [0.29, 0.717) is 22.4 Å². The van der Waals surface area contributed by atoms with Crippen LogP contribution in [0.5, 0.6) is 0 Å². The van der Waals surface area contributed by atoms with Crippen LogP contribution in [0.2, 0.25) is 0 Å². The molecule has 0 spiro atoms. The number of carbonyl (C=O) groups excluding carboxylic acids is 1. The molecule has 0 aliphatic carbocycles. The summed E-state index contributed by atoms with van der Waals surface area (Å²) in [6.45, 7) is 0.878. The fourth-order valence-electron chi connectivity index (χ4n) is 3.33. The second kappa shape index (κ2) is 5.23.